The van der Waals surface area contributed by atoms with Crippen molar-refractivity contribution in [3.8, 4) is 0 Å². The quantitative estimate of drug-likeness (QED) is 0.440. The van der Waals surface area contributed by atoms with Gasteiger partial charge in [0.15, 0.2) is 0 Å². The fourth-order valence-corrected chi connectivity index (χ4v) is 2.41. The zero-order chi connectivity index (χ0) is 18.2. The van der Waals surface area contributed by atoms with E-state index in [1.54, 1.807) is 0 Å². The number of hydrogen-bond donors (Lipinski definition) is 0. The molecule has 0 aliphatic heterocycles. The van der Waals surface area contributed by atoms with E-state index in [-0.39, 0.29) is 11.8 Å². The van der Waals surface area contributed by atoms with Crippen molar-refractivity contribution in [1.29, 1.82) is 0 Å². The van der Waals surface area contributed by atoms with Crippen LogP contribution in [0.1, 0.15) is 79.1 Å². The van der Waals surface area contributed by atoms with Crippen molar-refractivity contribution in [2.24, 2.45) is 0 Å². The number of hydrogen-bond acceptors (Lipinski definition) is 2. The first-order valence-electron chi connectivity index (χ1n) is 9.86. The third-order valence-corrected chi connectivity index (χ3v) is 4.12. The van der Waals surface area contributed by atoms with Crippen molar-refractivity contribution in [3.05, 3.63) is 12.2 Å². The van der Waals surface area contributed by atoms with Gasteiger partial charge in [-0.25, -0.2) is 0 Å². The summed E-state index contributed by atoms with van der Waals surface area (Å²) in [5, 5.41) is 0. The Morgan fingerprint density at radius 2 is 0.833 bits per heavy atom. The molecule has 140 valence electrons. The van der Waals surface area contributed by atoms with E-state index in [9.17, 15) is 9.59 Å². The SMILES string of the molecule is CCCCN(CCCC)C(=O)C=CC(=O)N(CCCC)CCCC. The monoisotopic (exact) mass is 338 g/mol. The minimum Gasteiger partial charge on any atom is -0.339 e. The second-order valence-electron chi connectivity index (χ2n) is 6.40. The average Bonchev–Trinajstić information content (AvgIpc) is 2.59. The fourth-order valence-electron chi connectivity index (χ4n) is 2.41. The van der Waals surface area contributed by atoms with Crippen LogP contribution in [0, 0.1) is 0 Å². The molecule has 4 heteroatoms. The summed E-state index contributed by atoms with van der Waals surface area (Å²) < 4.78 is 0. The van der Waals surface area contributed by atoms with Crippen LogP contribution in [0.2, 0.25) is 0 Å². The molecule has 0 unspecified atom stereocenters. The summed E-state index contributed by atoms with van der Waals surface area (Å²) in [4.78, 5) is 28.5. The standard InChI is InChI=1S/C20H38N2O2/c1-5-9-15-21(16-10-6-2)19(23)13-14-20(24)22(17-11-7-3)18-12-8-4/h13-14H,5-12,15-18H2,1-4H3. The molecular weight excluding hydrogens is 300 g/mol. The van der Waals surface area contributed by atoms with Crippen LogP contribution < -0.4 is 0 Å². The Labute approximate surface area is 149 Å². The minimum atomic E-state index is -0.0313. The van der Waals surface area contributed by atoms with Crippen molar-refractivity contribution in [1.82, 2.24) is 9.80 Å². The molecule has 0 radical (unpaired) electrons. The molecule has 0 spiro atoms. The first-order chi connectivity index (χ1) is 11.6. The van der Waals surface area contributed by atoms with Crippen LogP contribution in [0.4, 0.5) is 0 Å². The van der Waals surface area contributed by atoms with Crippen molar-refractivity contribution in [2.45, 2.75) is 79.1 Å². The largest absolute Gasteiger partial charge is 0.339 e. The smallest absolute Gasteiger partial charge is 0.246 e. The van der Waals surface area contributed by atoms with Crippen molar-refractivity contribution in [3.63, 3.8) is 0 Å². The van der Waals surface area contributed by atoms with E-state index < -0.39 is 0 Å². The van der Waals surface area contributed by atoms with Gasteiger partial charge >= 0.3 is 0 Å². The Balaban J connectivity index is 4.68. The summed E-state index contributed by atoms with van der Waals surface area (Å²) >= 11 is 0. The molecule has 2 amide bonds. The van der Waals surface area contributed by atoms with Gasteiger partial charge in [-0.1, -0.05) is 53.4 Å². The minimum absolute atomic E-state index is 0.0313. The number of carbonyl (C=O) groups excluding carboxylic acids is 2. The van der Waals surface area contributed by atoms with E-state index >= 15 is 0 Å². The van der Waals surface area contributed by atoms with Gasteiger partial charge in [-0.15, -0.1) is 0 Å². The second-order valence-corrected chi connectivity index (χ2v) is 6.40. The summed E-state index contributed by atoms with van der Waals surface area (Å²) in [7, 11) is 0. The lowest BCUT2D eigenvalue weighted by Crippen LogP contribution is -2.33. The highest BCUT2D eigenvalue weighted by Crippen LogP contribution is 2.03. The first kappa shape index (κ1) is 22.7. The Kier molecular flexibility index (Phi) is 14.4. The van der Waals surface area contributed by atoms with E-state index in [0.29, 0.717) is 0 Å². The predicted octanol–water partition coefficient (Wildman–Crippen LogP) is 4.40. The molecule has 0 N–H and O–H groups in total. The van der Waals surface area contributed by atoms with E-state index in [4.69, 9.17) is 0 Å². The molecule has 24 heavy (non-hydrogen) atoms. The number of amides is 2. The lowest BCUT2D eigenvalue weighted by molar-refractivity contribution is -0.128. The van der Waals surface area contributed by atoms with Gasteiger partial charge in [-0.2, -0.15) is 0 Å². The lowest BCUT2D eigenvalue weighted by Gasteiger charge is -2.22. The molecule has 0 aliphatic carbocycles. The molecular formula is C20H38N2O2. The van der Waals surface area contributed by atoms with Crippen LogP contribution in [0.15, 0.2) is 12.2 Å². The highest BCUT2D eigenvalue weighted by molar-refractivity contribution is 5.96. The Hall–Kier alpha value is -1.32. The lowest BCUT2D eigenvalue weighted by atomic mass is 10.2. The number of unbranched alkanes of at least 4 members (excludes halogenated alkanes) is 4. The first-order valence-corrected chi connectivity index (χ1v) is 9.86. The van der Waals surface area contributed by atoms with Gasteiger partial charge in [-0.3, -0.25) is 9.59 Å². The van der Waals surface area contributed by atoms with Gasteiger partial charge in [0.25, 0.3) is 0 Å². The molecule has 0 bridgehead atoms. The fraction of sp³-hybridized carbons (Fsp3) is 0.800. The van der Waals surface area contributed by atoms with Crippen LogP contribution in [0.5, 0.6) is 0 Å². The Bertz CT molecular complexity index is 317. The van der Waals surface area contributed by atoms with Crippen molar-refractivity contribution in [2.75, 3.05) is 26.2 Å². The highest BCUT2D eigenvalue weighted by atomic mass is 16.2. The van der Waals surface area contributed by atoms with Gasteiger partial charge in [0.1, 0.15) is 0 Å². The molecule has 0 atom stereocenters. The van der Waals surface area contributed by atoms with Gasteiger partial charge in [0.05, 0.1) is 0 Å². The van der Waals surface area contributed by atoms with Crippen molar-refractivity contribution < 1.29 is 9.59 Å². The summed E-state index contributed by atoms with van der Waals surface area (Å²) in [6.45, 7) is 11.6. The molecule has 0 heterocycles. The average molecular weight is 339 g/mol. The maximum Gasteiger partial charge on any atom is 0.246 e. The van der Waals surface area contributed by atoms with E-state index in [1.807, 2.05) is 9.80 Å². The van der Waals surface area contributed by atoms with Crippen molar-refractivity contribution >= 4 is 11.8 Å². The summed E-state index contributed by atoms with van der Waals surface area (Å²) in [5.74, 6) is -0.0626. The second kappa shape index (κ2) is 15.2. The number of rotatable bonds is 14. The van der Waals surface area contributed by atoms with Gasteiger partial charge in [0, 0.05) is 38.3 Å². The molecule has 0 fully saturated rings. The van der Waals surface area contributed by atoms with Crippen LogP contribution in [0.3, 0.4) is 0 Å². The Morgan fingerprint density at radius 3 is 1.04 bits per heavy atom. The van der Waals surface area contributed by atoms with E-state index in [1.165, 1.54) is 12.2 Å². The highest BCUT2D eigenvalue weighted by Gasteiger charge is 2.12. The van der Waals surface area contributed by atoms with E-state index in [0.717, 1.165) is 77.5 Å². The van der Waals surface area contributed by atoms with Gasteiger partial charge in [-0.05, 0) is 25.7 Å². The predicted molar refractivity (Wildman–Crippen MR) is 102 cm³/mol. The van der Waals surface area contributed by atoms with Crippen LogP contribution >= 0.6 is 0 Å². The zero-order valence-corrected chi connectivity index (χ0v) is 16.4. The van der Waals surface area contributed by atoms with Gasteiger partial charge < -0.3 is 9.80 Å². The van der Waals surface area contributed by atoms with Crippen LogP contribution in [-0.2, 0) is 9.59 Å². The zero-order valence-electron chi connectivity index (χ0n) is 16.4. The molecule has 0 aromatic heterocycles. The molecule has 4 nitrogen and oxygen atoms in total. The molecule has 0 aromatic carbocycles. The Morgan fingerprint density at radius 1 is 0.583 bits per heavy atom. The number of nitrogens with zero attached hydrogens (tertiary/aromatic N) is 2. The maximum atomic E-state index is 12.4. The maximum absolute atomic E-state index is 12.4. The topological polar surface area (TPSA) is 40.6 Å². The third-order valence-electron chi connectivity index (χ3n) is 4.12. The summed E-state index contributed by atoms with van der Waals surface area (Å²) in [5.41, 5.74) is 0. The summed E-state index contributed by atoms with van der Waals surface area (Å²) in [6, 6.07) is 0. The van der Waals surface area contributed by atoms with Crippen LogP contribution in [-0.4, -0.2) is 47.8 Å². The van der Waals surface area contributed by atoms with E-state index in [2.05, 4.69) is 27.7 Å². The molecule has 0 saturated carbocycles. The normalized spacial score (nSPS) is 11.0. The molecule has 0 saturated heterocycles. The third kappa shape index (κ3) is 10.5. The summed E-state index contributed by atoms with van der Waals surface area (Å²) in [6.07, 6.45) is 11.3. The molecule has 0 aromatic rings. The van der Waals surface area contributed by atoms with Gasteiger partial charge in [0.2, 0.25) is 11.8 Å². The molecule has 0 aliphatic rings. The number of carbonyl (C=O) groups is 2. The molecule has 0 rings (SSSR count). The van der Waals surface area contributed by atoms with Crippen LogP contribution in [0.25, 0.3) is 0 Å².